The maximum Gasteiger partial charge on any atom is 0.127 e. The van der Waals surface area contributed by atoms with Crippen molar-refractivity contribution in [2.45, 2.75) is 32.7 Å². The van der Waals surface area contributed by atoms with Crippen molar-refractivity contribution >= 4 is 0 Å². The molecule has 0 bridgehead atoms. The molecule has 0 radical (unpaired) electrons. The van der Waals surface area contributed by atoms with E-state index in [9.17, 15) is 0 Å². The smallest absolute Gasteiger partial charge is 0.127 e. The van der Waals surface area contributed by atoms with E-state index < -0.39 is 0 Å². The largest absolute Gasteiger partial charge is 0.497 e. The van der Waals surface area contributed by atoms with Gasteiger partial charge in [-0.15, -0.1) is 0 Å². The van der Waals surface area contributed by atoms with Crippen LogP contribution in [0.3, 0.4) is 0 Å². The molecule has 18 heavy (non-hydrogen) atoms. The molecule has 0 heterocycles. The molecular weight excluding hydrogens is 226 g/mol. The standard InChI is InChI=1S/C15H25NO2/c1-11(2)6-9-14(16-3)13-8-7-12(17-4)10-15(13)18-5/h7-8,10-11,14,16H,6,9H2,1-5H3. The fourth-order valence-electron chi connectivity index (χ4n) is 2.06. The molecule has 1 N–H and O–H groups in total. The summed E-state index contributed by atoms with van der Waals surface area (Å²) in [6.45, 7) is 4.50. The topological polar surface area (TPSA) is 30.5 Å². The number of hydrogen-bond acceptors (Lipinski definition) is 3. The zero-order chi connectivity index (χ0) is 13.5. The SMILES string of the molecule is CNC(CCC(C)C)c1ccc(OC)cc1OC. The van der Waals surface area contributed by atoms with E-state index in [-0.39, 0.29) is 0 Å². The van der Waals surface area contributed by atoms with Gasteiger partial charge in [0, 0.05) is 17.7 Å². The lowest BCUT2D eigenvalue weighted by Crippen LogP contribution is -2.17. The second kappa shape index (κ2) is 7.27. The minimum absolute atomic E-state index is 0.327. The van der Waals surface area contributed by atoms with Gasteiger partial charge >= 0.3 is 0 Å². The van der Waals surface area contributed by atoms with Gasteiger partial charge in [-0.2, -0.15) is 0 Å². The minimum atomic E-state index is 0.327. The molecule has 1 aromatic rings. The first-order valence-corrected chi connectivity index (χ1v) is 6.51. The highest BCUT2D eigenvalue weighted by Crippen LogP contribution is 2.32. The van der Waals surface area contributed by atoms with Crippen molar-refractivity contribution < 1.29 is 9.47 Å². The van der Waals surface area contributed by atoms with Crippen LogP contribution in [0.25, 0.3) is 0 Å². The molecule has 3 nitrogen and oxygen atoms in total. The number of methoxy groups -OCH3 is 2. The third-order valence-electron chi connectivity index (χ3n) is 3.20. The Kier molecular flexibility index (Phi) is 5.99. The lowest BCUT2D eigenvalue weighted by molar-refractivity contribution is 0.380. The number of nitrogens with one attached hydrogen (secondary N) is 1. The molecule has 1 rings (SSSR count). The van der Waals surface area contributed by atoms with Crippen LogP contribution in [0.1, 0.15) is 38.3 Å². The number of ether oxygens (including phenoxy) is 2. The maximum atomic E-state index is 5.46. The zero-order valence-electron chi connectivity index (χ0n) is 12.1. The summed E-state index contributed by atoms with van der Waals surface area (Å²) in [5.41, 5.74) is 1.20. The number of rotatable bonds is 7. The molecule has 102 valence electrons. The van der Waals surface area contributed by atoms with Crippen LogP contribution in [0.4, 0.5) is 0 Å². The molecule has 0 aliphatic heterocycles. The summed E-state index contributed by atoms with van der Waals surface area (Å²) in [5, 5.41) is 3.37. The average Bonchev–Trinajstić information content (AvgIpc) is 2.39. The van der Waals surface area contributed by atoms with Crippen molar-refractivity contribution in [3.05, 3.63) is 23.8 Å². The second-order valence-corrected chi connectivity index (χ2v) is 4.92. The molecule has 3 heteroatoms. The minimum Gasteiger partial charge on any atom is -0.497 e. The predicted octanol–water partition coefficient (Wildman–Crippen LogP) is 3.40. The van der Waals surface area contributed by atoms with E-state index in [1.54, 1.807) is 14.2 Å². The van der Waals surface area contributed by atoms with Crippen molar-refractivity contribution in [3.63, 3.8) is 0 Å². The molecule has 0 fully saturated rings. The summed E-state index contributed by atoms with van der Waals surface area (Å²) < 4.78 is 10.7. The van der Waals surface area contributed by atoms with Gasteiger partial charge < -0.3 is 14.8 Å². The highest BCUT2D eigenvalue weighted by atomic mass is 16.5. The van der Waals surface area contributed by atoms with Crippen molar-refractivity contribution in [2.75, 3.05) is 21.3 Å². The normalized spacial score (nSPS) is 12.6. The average molecular weight is 251 g/mol. The van der Waals surface area contributed by atoms with E-state index in [0.717, 1.165) is 17.9 Å². The third-order valence-corrected chi connectivity index (χ3v) is 3.20. The van der Waals surface area contributed by atoms with Gasteiger partial charge in [0.25, 0.3) is 0 Å². The van der Waals surface area contributed by atoms with E-state index in [4.69, 9.17) is 9.47 Å². The van der Waals surface area contributed by atoms with Gasteiger partial charge in [0.1, 0.15) is 11.5 Å². The van der Waals surface area contributed by atoms with Crippen LogP contribution in [-0.4, -0.2) is 21.3 Å². The van der Waals surface area contributed by atoms with Gasteiger partial charge in [-0.1, -0.05) is 19.9 Å². The van der Waals surface area contributed by atoms with E-state index in [2.05, 4.69) is 25.2 Å². The first-order valence-electron chi connectivity index (χ1n) is 6.51. The lowest BCUT2D eigenvalue weighted by atomic mass is 9.97. The van der Waals surface area contributed by atoms with Crippen molar-refractivity contribution in [1.29, 1.82) is 0 Å². The van der Waals surface area contributed by atoms with Gasteiger partial charge in [-0.05, 0) is 31.9 Å². The Bertz CT molecular complexity index is 364. The van der Waals surface area contributed by atoms with Gasteiger partial charge in [0.15, 0.2) is 0 Å². The molecule has 0 amide bonds. The molecule has 1 aromatic carbocycles. The number of benzene rings is 1. The van der Waals surface area contributed by atoms with Crippen LogP contribution in [0.5, 0.6) is 11.5 Å². The summed E-state index contributed by atoms with van der Waals surface area (Å²) >= 11 is 0. The molecule has 1 atom stereocenters. The van der Waals surface area contributed by atoms with Crippen LogP contribution in [0.15, 0.2) is 18.2 Å². The maximum absolute atomic E-state index is 5.46. The quantitative estimate of drug-likeness (QED) is 0.805. The fourth-order valence-corrected chi connectivity index (χ4v) is 2.06. The van der Waals surface area contributed by atoms with Crippen LogP contribution in [-0.2, 0) is 0 Å². The van der Waals surface area contributed by atoms with Crippen molar-refractivity contribution in [2.24, 2.45) is 5.92 Å². The van der Waals surface area contributed by atoms with Crippen LogP contribution in [0, 0.1) is 5.92 Å². The first-order chi connectivity index (χ1) is 8.62. The third kappa shape index (κ3) is 3.91. The fraction of sp³-hybridized carbons (Fsp3) is 0.600. The molecule has 0 aromatic heterocycles. The Morgan fingerprint density at radius 1 is 1.11 bits per heavy atom. The lowest BCUT2D eigenvalue weighted by Gasteiger charge is -2.20. The predicted molar refractivity (Wildman–Crippen MR) is 75.4 cm³/mol. The van der Waals surface area contributed by atoms with Crippen molar-refractivity contribution in [3.8, 4) is 11.5 Å². The van der Waals surface area contributed by atoms with E-state index in [0.29, 0.717) is 12.0 Å². The summed E-state index contributed by atoms with van der Waals surface area (Å²) in [6, 6.07) is 6.33. The Hall–Kier alpha value is -1.22. The van der Waals surface area contributed by atoms with Crippen LogP contribution >= 0.6 is 0 Å². The van der Waals surface area contributed by atoms with Gasteiger partial charge in [0.05, 0.1) is 14.2 Å². The van der Waals surface area contributed by atoms with Crippen LogP contribution < -0.4 is 14.8 Å². The molecule has 0 aliphatic carbocycles. The Labute approximate surface area is 110 Å². The highest BCUT2D eigenvalue weighted by molar-refractivity contribution is 5.42. The van der Waals surface area contributed by atoms with E-state index in [1.165, 1.54) is 12.0 Å². The summed E-state index contributed by atoms with van der Waals surface area (Å²) in [5.74, 6) is 2.43. The Morgan fingerprint density at radius 2 is 1.83 bits per heavy atom. The monoisotopic (exact) mass is 251 g/mol. The highest BCUT2D eigenvalue weighted by Gasteiger charge is 2.15. The van der Waals surface area contributed by atoms with E-state index >= 15 is 0 Å². The summed E-state index contributed by atoms with van der Waals surface area (Å²) in [7, 11) is 5.37. The van der Waals surface area contributed by atoms with Gasteiger partial charge in [0.2, 0.25) is 0 Å². The molecule has 0 saturated heterocycles. The van der Waals surface area contributed by atoms with E-state index in [1.807, 2.05) is 19.2 Å². The second-order valence-electron chi connectivity index (χ2n) is 4.92. The first kappa shape index (κ1) is 14.8. The molecular formula is C15H25NO2. The molecule has 1 unspecified atom stereocenters. The van der Waals surface area contributed by atoms with Crippen molar-refractivity contribution in [1.82, 2.24) is 5.32 Å². The van der Waals surface area contributed by atoms with Gasteiger partial charge in [-0.3, -0.25) is 0 Å². The summed E-state index contributed by atoms with van der Waals surface area (Å²) in [4.78, 5) is 0. The summed E-state index contributed by atoms with van der Waals surface area (Å²) in [6.07, 6.45) is 2.30. The zero-order valence-corrected chi connectivity index (χ0v) is 12.1. The Balaban J connectivity index is 2.90. The van der Waals surface area contributed by atoms with Crippen LogP contribution in [0.2, 0.25) is 0 Å². The van der Waals surface area contributed by atoms with Gasteiger partial charge in [-0.25, -0.2) is 0 Å². The molecule has 0 spiro atoms. The number of hydrogen-bond donors (Lipinski definition) is 1. The Morgan fingerprint density at radius 3 is 2.33 bits per heavy atom. The molecule has 0 saturated carbocycles. The molecule has 0 aliphatic rings.